The zero-order valence-electron chi connectivity index (χ0n) is 20.2. The summed E-state index contributed by atoms with van der Waals surface area (Å²) in [5, 5.41) is 18.8. The van der Waals surface area contributed by atoms with E-state index in [0.717, 1.165) is 15.2 Å². The number of carboxylic acids is 1. The molecular formula is C26H32N4O4S. The molecule has 0 radical (unpaired) electrons. The van der Waals surface area contributed by atoms with Crippen LogP contribution in [0.3, 0.4) is 0 Å². The summed E-state index contributed by atoms with van der Waals surface area (Å²) in [6, 6.07) is 14.4. The number of aryl methyl sites for hydroxylation is 1. The topological polar surface area (TPSA) is 120 Å². The van der Waals surface area contributed by atoms with Gasteiger partial charge in [-0.15, -0.1) is 11.3 Å². The normalized spacial score (nSPS) is 13.8. The van der Waals surface area contributed by atoms with Crippen LogP contribution in [0, 0.1) is 5.92 Å². The van der Waals surface area contributed by atoms with Gasteiger partial charge < -0.3 is 15.7 Å². The van der Waals surface area contributed by atoms with E-state index in [1.54, 1.807) is 23.5 Å². The van der Waals surface area contributed by atoms with E-state index >= 15 is 0 Å². The van der Waals surface area contributed by atoms with Crippen LogP contribution in [0.5, 0.6) is 0 Å². The summed E-state index contributed by atoms with van der Waals surface area (Å²) in [5.74, 6) is -1.61. The Hall–Kier alpha value is -3.30. The molecule has 0 spiro atoms. The highest BCUT2D eigenvalue weighted by molar-refractivity contribution is 7.18. The highest BCUT2D eigenvalue weighted by Crippen LogP contribution is 2.23. The van der Waals surface area contributed by atoms with Gasteiger partial charge in [0.05, 0.1) is 21.3 Å². The molecule has 3 aromatic rings. The highest BCUT2D eigenvalue weighted by Gasteiger charge is 2.28. The maximum absolute atomic E-state index is 13.3. The lowest BCUT2D eigenvalue weighted by Crippen LogP contribution is -2.54. The number of aromatic nitrogens is 1. The van der Waals surface area contributed by atoms with Crippen molar-refractivity contribution < 1.29 is 19.5 Å². The highest BCUT2D eigenvalue weighted by atomic mass is 32.1. The fourth-order valence-corrected chi connectivity index (χ4v) is 4.67. The van der Waals surface area contributed by atoms with Gasteiger partial charge in [-0.1, -0.05) is 44.2 Å². The van der Waals surface area contributed by atoms with Gasteiger partial charge in [-0.25, -0.2) is 4.98 Å². The van der Waals surface area contributed by atoms with Gasteiger partial charge >= 0.3 is 5.97 Å². The van der Waals surface area contributed by atoms with Gasteiger partial charge in [0.25, 0.3) is 0 Å². The first-order chi connectivity index (χ1) is 16.7. The average molecular weight is 497 g/mol. The van der Waals surface area contributed by atoms with Gasteiger partial charge in [0.2, 0.25) is 11.8 Å². The SMILES string of the molecule is CC(C)C[C@H](NC(=O)[C@H](CCc1nc2ccccc2s1)N[C@H](C)C(=O)O)C(=O)Nc1ccccc1. The Morgan fingerprint density at radius 2 is 1.63 bits per heavy atom. The Labute approximate surface area is 209 Å². The van der Waals surface area contributed by atoms with Crippen LogP contribution >= 0.6 is 11.3 Å². The monoisotopic (exact) mass is 496 g/mol. The zero-order valence-corrected chi connectivity index (χ0v) is 21.0. The molecule has 1 heterocycles. The number of carboxylic acid groups (broad SMARTS) is 1. The number of carbonyl (C=O) groups is 3. The van der Waals surface area contributed by atoms with E-state index in [0.29, 0.717) is 24.9 Å². The smallest absolute Gasteiger partial charge is 0.320 e. The second kappa shape index (κ2) is 12.4. The van der Waals surface area contributed by atoms with Crippen molar-refractivity contribution in [3.63, 3.8) is 0 Å². The minimum atomic E-state index is -1.05. The van der Waals surface area contributed by atoms with E-state index in [9.17, 15) is 19.5 Å². The van der Waals surface area contributed by atoms with Gasteiger partial charge in [0.15, 0.2) is 0 Å². The number of rotatable bonds is 12. The number of amides is 2. The summed E-state index contributed by atoms with van der Waals surface area (Å²) >= 11 is 1.55. The van der Waals surface area contributed by atoms with Crippen molar-refractivity contribution >= 4 is 45.0 Å². The van der Waals surface area contributed by atoms with Crippen LogP contribution in [0.2, 0.25) is 0 Å². The molecule has 8 nitrogen and oxygen atoms in total. The second-order valence-electron chi connectivity index (χ2n) is 8.94. The van der Waals surface area contributed by atoms with Crippen LogP contribution in [-0.2, 0) is 20.8 Å². The molecule has 0 saturated heterocycles. The van der Waals surface area contributed by atoms with Gasteiger partial charge in [-0.2, -0.15) is 0 Å². The van der Waals surface area contributed by atoms with Crippen LogP contribution in [0.25, 0.3) is 10.2 Å². The van der Waals surface area contributed by atoms with Crippen LogP contribution in [0.15, 0.2) is 54.6 Å². The molecule has 9 heteroatoms. The standard InChI is InChI=1S/C26H32N4O4S/c1-16(2)15-21(25(32)28-18-9-5-4-6-10-18)30-24(31)20(27-17(3)26(33)34)13-14-23-29-19-11-7-8-12-22(19)35-23/h4-12,16-17,20-21,27H,13-15H2,1-3H3,(H,28,32)(H,30,31)(H,33,34)/t17-,20+,21+/m1/s1. The Morgan fingerprint density at radius 3 is 2.29 bits per heavy atom. The summed E-state index contributed by atoms with van der Waals surface area (Å²) < 4.78 is 1.06. The summed E-state index contributed by atoms with van der Waals surface area (Å²) in [6.07, 6.45) is 1.29. The summed E-state index contributed by atoms with van der Waals surface area (Å²) in [4.78, 5) is 42.3. The van der Waals surface area contributed by atoms with Crippen molar-refractivity contribution in [3.8, 4) is 0 Å². The fraction of sp³-hybridized carbons (Fsp3) is 0.385. The lowest BCUT2D eigenvalue weighted by atomic mass is 10.0. The van der Waals surface area contributed by atoms with Crippen LogP contribution in [0.4, 0.5) is 5.69 Å². The maximum atomic E-state index is 13.3. The first kappa shape index (κ1) is 26.3. The number of carbonyl (C=O) groups excluding carboxylic acids is 2. The van der Waals surface area contributed by atoms with E-state index < -0.39 is 30.0 Å². The number of hydrogen-bond acceptors (Lipinski definition) is 6. The first-order valence-electron chi connectivity index (χ1n) is 11.7. The lowest BCUT2D eigenvalue weighted by Gasteiger charge is -2.25. The number of fused-ring (bicyclic) bond motifs is 1. The number of nitrogens with one attached hydrogen (secondary N) is 3. The van der Waals surface area contributed by atoms with Gasteiger partial charge in [-0.3, -0.25) is 19.7 Å². The molecular weight excluding hydrogens is 464 g/mol. The van der Waals surface area contributed by atoms with Crippen molar-refractivity contribution in [2.45, 2.75) is 58.2 Å². The number of para-hydroxylation sites is 2. The quantitative estimate of drug-likeness (QED) is 0.302. The number of thiazole rings is 1. The van der Waals surface area contributed by atoms with E-state index in [1.165, 1.54) is 6.92 Å². The van der Waals surface area contributed by atoms with E-state index in [2.05, 4.69) is 20.9 Å². The molecule has 3 rings (SSSR count). The minimum absolute atomic E-state index is 0.161. The minimum Gasteiger partial charge on any atom is -0.480 e. The van der Waals surface area contributed by atoms with Crippen molar-refractivity contribution in [2.24, 2.45) is 5.92 Å². The summed E-state index contributed by atoms with van der Waals surface area (Å²) in [6.45, 7) is 5.45. The third kappa shape index (κ3) is 7.87. The number of benzene rings is 2. The maximum Gasteiger partial charge on any atom is 0.320 e. The second-order valence-corrected chi connectivity index (χ2v) is 10.1. The molecule has 3 atom stereocenters. The average Bonchev–Trinajstić information content (AvgIpc) is 3.24. The Balaban J connectivity index is 1.72. The zero-order chi connectivity index (χ0) is 25.4. The summed E-state index contributed by atoms with van der Waals surface area (Å²) in [5.41, 5.74) is 1.54. The molecule has 0 unspecified atom stereocenters. The molecule has 186 valence electrons. The molecule has 35 heavy (non-hydrogen) atoms. The first-order valence-corrected chi connectivity index (χ1v) is 12.5. The molecule has 2 aromatic carbocycles. The van der Waals surface area contributed by atoms with Gasteiger partial charge in [0.1, 0.15) is 12.1 Å². The largest absolute Gasteiger partial charge is 0.480 e. The van der Waals surface area contributed by atoms with E-state index in [4.69, 9.17) is 0 Å². The van der Waals surface area contributed by atoms with Crippen molar-refractivity contribution in [3.05, 3.63) is 59.6 Å². The Morgan fingerprint density at radius 1 is 0.943 bits per heavy atom. The molecule has 2 amide bonds. The van der Waals surface area contributed by atoms with Crippen LogP contribution in [0.1, 0.15) is 38.6 Å². The molecule has 0 aliphatic carbocycles. The summed E-state index contributed by atoms with van der Waals surface area (Å²) in [7, 11) is 0. The van der Waals surface area contributed by atoms with Crippen molar-refractivity contribution in [1.29, 1.82) is 0 Å². The number of aliphatic carboxylic acids is 1. The Bertz CT molecular complexity index is 1120. The van der Waals surface area contributed by atoms with Gasteiger partial charge in [0, 0.05) is 12.1 Å². The molecule has 0 bridgehead atoms. The number of nitrogens with zero attached hydrogens (tertiary/aromatic N) is 1. The number of hydrogen-bond donors (Lipinski definition) is 4. The van der Waals surface area contributed by atoms with Crippen molar-refractivity contribution in [2.75, 3.05) is 5.32 Å². The predicted octanol–water partition coefficient (Wildman–Crippen LogP) is 3.83. The predicted molar refractivity (Wildman–Crippen MR) is 138 cm³/mol. The lowest BCUT2D eigenvalue weighted by molar-refractivity contribution is -0.139. The third-order valence-electron chi connectivity index (χ3n) is 5.50. The molecule has 1 aromatic heterocycles. The van der Waals surface area contributed by atoms with Gasteiger partial charge in [-0.05, 0) is 49.9 Å². The molecule has 4 N–H and O–H groups in total. The number of anilines is 1. The molecule has 0 saturated carbocycles. The van der Waals surface area contributed by atoms with Crippen molar-refractivity contribution in [1.82, 2.24) is 15.6 Å². The molecule has 0 aliphatic rings. The van der Waals surface area contributed by atoms with Crippen LogP contribution in [-0.4, -0.2) is 46.0 Å². The van der Waals surface area contributed by atoms with E-state index in [1.807, 2.05) is 56.3 Å². The van der Waals surface area contributed by atoms with E-state index in [-0.39, 0.29) is 11.8 Å². The fourth-order valence-electron chi connectivity index (χ4n) is 3.68. The third-order valence-corrected chi connectivity index (χ3v) is 6.60. The Kier molecular flexibility index (Phi) is 9.33. The molecule has 0 aliphatic heterocycles. The molecule has 0 fully saturated rings. The van der Waals surface area contributed by atoms with Crippen LogP contribution < -0.4 is 16.0 Å².